The van der Waals surface area contributed by atoms with Crippen LogP contribution in [0, 0.1) is 0 Å². The molecule has 130 valence electrons. The number of aromatic nitrogens is 7. The Morgan fingerprint density at radius 1 is 1.27 bits per heavy atom. The minimum absolute atomic E-state index is 0.569. The van der Waals surface area contributed by atoms with Gasteiger partial charge < -0.3 is 0 Å². The lowest BCUT2D eigenvalue weighted by Crippen LogP contribution is -2.02. The quantitative estimate of drug-likeness (QED) is 0.372. The maximum Gasteiger partial charge on any atom is 0.198 e. The third-order valence-corrected chi connectivity index (χ3v) is 5.46. The van der Waals surface area contributed by atoms with E-state index in [1.54, 1.807) is 29.9 Å². The van der Waals surface area contributed by atoms with E-state index in [0.717, 1.165) is 32.6 Å². The fourth-order valence-corrected chi connectivity index (χ4v) is 4.25. The van der Waals surface area contributed by atoms with Crippen LogP contribution in [-0.4, -0.2) is 34.7 Å². The monoisotopic (exact) mass is 381 g/mol. The molecule has 0 unspecified atom stereocenters. The third-order valence-electron chi connectivity index (χ3n) is 3.66. The fourth-order valence-electron chi connectivity index (χ4n) is 2.45. The van der Waals surface area contributed by atoms with Gasteiger partial charge in [0.05, 0.1) is 6.20 Å². The molecule has 0 aliphatic heterocycles. The fraction of sp³-hybridized carbons (Fsp3) is 0.176. The van der Waals surface area contributed by atoms with E-state index >= 15 is 0 Å². The van der Waals surface area contributed by atoms with E-state index in [1.165, 1.54) is 11.8 Å². The van der Waals surface area contributed by atoms with Gasteiger partial charge in [-0.1, -0.05) is 13.0 Å². The van der Waals surface area contributed by atoms with Crippen LogP contribution in [0.25, 0.3) is 21.7 Å². The Balaban J connectivity index is 1.79. The predicted octanol–water partition coefficient (Wildman–Crippen LogP) is 3.64. The van der Waals surface area contributed by atoms with Gasteiger partial charge in [0.1, 0.15) is 21.4 Å². The molecule has 4 aromatic heterocycles. The summed E-state index contributed by atoms with van der Waals surface area (Å²) in [4.78, 5) is 18.7. The Morgan fingerprint density at radius 3 is 2.96 bits per heavy atom. The zero-order valence-electron chi connectivity index (χ0n) is 14.0. The van der Waals surface area contributed by atoms with E-state index < -0.39 is 0 Å². The molecule has 0 aliphatic carbocycles. The third kappa shape index (κ3) is 3.11. The van der Waals surface area contributed by atoms with Gasteiger partial charge in [0, 0.05) is 30.7 Å². The van der Waals surface area contributed by atoms with E-state index in [0.29, 0.717) is 18.1 Å². The second-order valence-corrected chi connectivity index (χ2v) is 7.19. The zero-order valence-corrected chi connectivity index (χ0v) is 15.7. The Hall–Kier alpha value is -2.65. The maximum absolute atomic E-state index is 4.69. The molecule has 9 heteroatoms. The molecule has 4 aromatic rings. The van der Waals surface area contributed by atoms with Gasteiger partial charge in [0.15, 0.2) is 11.0 Å². The standard InChI is InChI=1S/C17H15N7S2/c1-3-8-24-14(12-10-18-6-7-19-12)22-23-17(24)26-16-11-5-9-25-15(11)20-13(4-2)21-16/h3,5-7,9-10H,1,4,8H2,2H3. The van der Waals surface area contributed by atoms with Gasteiger partial charge in [-0.15, -0.1) is 28.1 Å². The lowest BCUT2D eigenvalue weighted by molar-refractivity contribution is 0.728. The van der Waals surface area contributed by atoms with Crippen LogP contribution in [0.3, 0.4) is 0 Å². The summed E-state index contributed by atoms with van der Waals surface area (Å²) in [6, 6.07) is 2.04. The van der Waals surface area contributed by atoms with Crippen molar-refractivity contribution in [1.82, 2.24) is 34.7 Å². The normalized spacial score (nSPS) is 11.1. The van der Waals surface area contributed by atoms with Gasteiger partial charge in [0.25, 0.3) is 0 Å². The smallest absolute Gasteiger partial charge is 0.198 e. The van der Waals surface area contributed by atoms with Gasteiger partial charge in [0.2, 0.25) is 0 Å². The number of aryl methyl sites for hydroxylation is 1. The minimum atomic E-state index is 0.569. The van der Waals surface area contributed by atoms with Crippen molar-refractivity contribution < 1.29 is 0 Å². The van der Waals surface area contributed by atoms with Crippen LogP contribution < -0.4 is 0 Å². The van der Waals surface area contributed by atoms with Gasteiger partial charge in [-0.3, -0.25) is 9.55 Å². The van der Waals surface area contributed by atoms with Gasteiger partial charge in [-0.05, 0) is 23.2 Å². The van der Waals surface area contributed by atoms with Crippen molar-refractivity contribution in [3.8, 4) is 11.5 Å². The molecule has 0 N–H and O–H groups in total. The Bertz CT molecular complexity index is 1060. The predicted molar refractivity (Wildman–Crippen MR) is 102 cm³/mol. The molecule has 0 atom stereocenters. The highest BCUT2D eigenvalue weighted by molar-refractivity contribution is 7.99. The molecule has 0 aromatic carbocycles. The van der Waals surface area contributed by atoms with E-state index in [-0.39, 0.29) is 0 Å². The Morgan fingerprint density at radius 2 is 2.19 bits per heavy atom. The molecule has 0 saturated carbocycles. The highest BCUT2D eigenvalue weighted by atomic mass is 32.2. The lowest BCUT2D eigenvalue weighted by Gasteiger charge is -2.08. The van der Waals surface area contributed by atoms with Crippen molar-refractivity contribution in [2.24, 2.45) is 0 Å². The first kappa shape index (κ1) is 16.8. The van der Waals surface area contributed by atoms with Crippen LogP contribution in [0.15, 0.2) is 52.9 Å². The molecule has 0 spiro atoms. The van der Waals surface area contributed by atoms with Crippen molar-refractivity contribution in [3.63, 3.8) is 0 Å². The van der Waals surface area contributed by atoms with Crippen molar-refractivity contribution in [2.45, 2.75) is 30.1 Å². The number of rotatable bonds is 6. The van der Waals surface area contributed by atoms with Crippen molar-refractivity contribution in [1.29, 1.82) is 0 Å². The summed E-state index contributed by atoms with van der Waals surface area (Å²) in [5.74, 6) is 1.48. The molecular formula is C17H15N7S2. The van der Waals surface area contributed by atoms with Crippen LogP contribution in [0.4, 0.5) is 0 Å². The highest BCUT2D eigenvalue weighted by Crippen LogP contribution is 2.34. The number of allylic oxidation sites excluding steroid dienone is 1. The zero-order chi connectivity index (χ0) is 17.9. The number of nitrogens with zero attached hydrogens (tertiary/aromatic N) is 7. The molecular weight excluding hydrogens is 366 g/mol. The molecule has 0 amide bonds. The summed E-state index contributed by atoms with van der Waals surface area (Å²) in [5, 5.41) is 13.4. The average Bonchev–Trinajstić information content (AvgIpc) is 3.30. The molecule has 0 fully saturated rings. The second-order valence-electron chi connectivity index (χ2n) is 5.34. The summed E-state index contributed by atoms with van der Waals surface area (Å²) < 4.78 is 1.97. The Labute approximate surface area is 158 Å². The topological polar surface area (TPSA) is 82.3 Å². The molecule has 26 heavy (non-hydrogen) atoms. The van der Waals surface area contributed by atoms with Crippen molar-refractivity contribution >= 4 is 33.3 Å². The van der Waals surface area contributed by atoms with E-state index in [9.17, 15) is 0 Å². The molecule has 0 radical (unpaired) electrons. The first-order chi connectivity index (χ1) is 12.8. The molecule has 0 saturated heterocycles. The van der Waals surface area contributed by atoms with Gasteiger partial charge >= 0.3 is 0 Å². The van der Waals surface area contributed by atoms with Crippen LogP contribution in [0.5, 0.6) is 0 Å². The van der Waals surface area contributed by atoms with E-state index in [2.05, 4.69) is 38.7 Å². The number of hydrogen-bond donors (Lipinski definition) is 0. The highest BCUT2D eigenvalue weighted by Gasteiger charge is 2.18. The summed E-state index contributed by atoms with van der Waals surface area (Å²) in [6.45, 7) is 6.46. The first-order valence-corrected chi connectivity index (χ1v) is 9.72. The maximum atomic E-state index is 4.69. The molecule has 0 bridgehead atoms. The van der Waals surface area contributed by atoms with Crippen LogP contribution in [0.2, 0.25) is 0 Å². The summed E-state index contributed by atoms with van der Waals surface area (Å²) in [6.07, 6.45) is 7.54. The average molecular weight is 381 g/mol. The summed E-state index contributed by atoms with van der Waals surface area (Å²) in [5.41, 5.74) is 0.673. The summed E-state index contributed by atoms with van der Waals surface area (Å²) >= 11 is 3.10. The number of fused-ring (bicyclic) bond motifs is 1. The minimum Gasteiger partial charge on any atom is -0.296 e. The largest absolute Gasteiger partial charge is 0.296 e. The summed E-state index contributed by atoms with van der Waals surface area (Å²) in [7, 11) is 0. The SMILES string of the molecule is C=CCn1c(Sc2nc(CC)nc3sccc23)nnc1-c1cnccn1. The van der Waals surface area contributed by atoms with E-state index in [4.69, 9.17) is 4.98 Å². The number of thiophene rings is 1. The van der Waals surface area contributed by atoms with Gasteiger partial charge in [-0.2, -0.15) is 0 Å². The van der Waals surface area contributed by atoms with Crippen molar-refractivity contribution in [3.05, 3.63) is 48.5 Å². The molecule has 4 rings (SSSR count). The Kier molecular flexibility index (Phi) is 4.72. The second kappa shape index (κ2) is 7.30. The van der Waals surface area contributed by atoms with Crippen LogP contribution in [-0.2, 0) is 13.0 Å². The van der Waals surface area contributed by atoms with Crippen LogP contribution in [0.1, 0.15) is 12.7 Å². The van der Waals surface area contributed by atoms with Gasteiger partial charge in [-0.25, -0.2) is 15.0 Å². The molecule has 4 heterocycles. The first-order valence-electron chi connectivity index (χ1n) is 8.02. The van der Waals surface area contributed by atoms with Crippen molar-refractivity contribution in [2.75, 3.05) is 0 Å². The number of hydrogen-bond acceptors (Lipinski definition) is 8. The van der Waals surface area contributed by atoms with E-state index in [1.807, 2.05) is 22.1 Å². The lowest BCUT2D eigenvalue weighted by atomic mass is 10.4. The molecule has 7 nitrogen and oxygen atoms in total. The van der Waals surface area contributed by atoms with Crippen LogP contribution >= 0.6 is 23.1 Å². The molecule has 0 aliphatic rings.